The third-order valence-electron chi connectivity index (χ3n) is 4.42. The molecule has 100 valence electrons. The Morgan fingerprint density at radius 1 is 1.33 bits per heavy atom. The van der Waals surface area contributed by atoms with E-state index in [4.69, 9.17) is 5.73 Å². The van der Waals surface area contributed by atoms with Crippen LogP contribution in [-0.4, -0.2) is 24.0 Å². The molecule has 1 aliphatic rings. The van der Waals surface area contributed by atoms with Gasteiger partial charge in [-0.05, 0) is 36.8 Å². The average molecular weight is 246 g/mol. The first kappa shape index (κ1) is 13.6. The lowest BCUT2D eigenvalue weighted by atomic mass is 9.92. The number of hydrogen-bond acceptors (Lipinski definition) is 2. The van der Waals surface area contributed by atoms with Gasteiger partial charge in [0.1, 0.15) is 0 Å². The third kappa shape index (κ3) is 2.93. The molecule has 2 nitrogen and oxygen atoms in total. The van der Waals surface area contributed by atoms with Crippen LogP contribution in [0.3, 0.4) is 0 Å². The summed E-state index contributed by atoms with van der Waals surface area (Å²) in [6.07, 6.45) is 2.24. The molecular weight excluding hydrogens is 220 g/mol. The van der Waals surface area contributed by atoms with Crippen LogP contribution in [0.4, 0.5) is 0 Å². The minimum atomic E-state index is 0.385. The van der Waals surface area contributed by atoms with Crippen molar-refractivity contribution in [2.45, 2.75) is 45.7 Å². The van der Waals surface area contributed by atoms with Gasteiger partial charge in [0.05, 0.1) is 0 Å². The van der Waals surface area contributed by atoms with Crippen LogP contribution in [0.1, 0.15) is 44.4 Å². The van der Waals surface area contributed by atoms with E-state index >= 15 is 0 Å². The summed E-state index contributed by atoms with van der Waals surface area (Å²) in [7, 11) is 0. The fraction of sp³-hybridized carbons (Fsp3) is 0.625. The van der Waals surface area contributed by atoms with Gasteiger partial charge < -0.3 is 5.73 Å². The zero-order valence-electron chi connectivity index (χ0n) is 11.9. The molecule has 2 heteroatoms. The number of piperidine rings is 1. The van der Waals surface area contributed by atoms with Crippen molar-refractivity contribution in [3.8, 4) is 0 Å². The topological polar surface area (TPSA) is 29.3 Å². The number of hydrogen-bond donors (Lipinski definition) is 1. The molecular formula is C16H26N2. The lowest BCUT2D eigenvalue weighted by Crippen LogP contribution is -2.46. The highest BCUT2D eigenvalue weighted by atomic mass is 15.2. The Morgan fingerprint density at radius 2 is 2.00 bits per heavy atom. The number of nitrogens with zero attached hydrogens (tertiary/aromatic N) is 1. The van der Waals surface area contributed by atoms with E-state index in [1.807, 2.05) is 0 Å². The minimum Gasteiger partial charge on any atom is -0.327 e. The van der Waals surface area contributed by atoms with Crippen molar-refractivity contribution in [1.82, 2.24) is 4.90 Å². The highest BCUT2D eigenvalue weighted by Crippen LogP contribution is 2.26. The standard InChI is InChI=1S/C16H26N2/c1-4-14-5-7-15(8-6-14)13(3)18-10-9-16(17)12(2)11-18/h5-8,12-13,16H,4,9-11,17H2,1-3H3. The molecule has 0 bridgehead atoms. The van der Waals surface area contributed by atoms with Gasteiger partial charge in [0.25, 0.3) is 0 Å². The Bertz CT molecular complexity index is 371. The van der Waals surface area contributed by atoms with Crippen molar-refractivity contribution in [1.29, 1.82) is 0 Å². The first-order chi connectivity index (χ1) is 8.61. The zero-order valence-corrected chi connectivity index (χ0v) is 11.9. The van der Waals surface area contributed by atoms with E-state index in [1.165, 1.54) is 11.1 Å². The maximum Gasteiger partial charge on any atom is 0.0320 e. The smallest absolute Gasteiger partial charge is 0.0320 e. The Kier molecular flexibility index (Phi) is 4.41. The molecule has 1 saturated heterocycles. The summed E-state index contributed by atoms with van der Waals surface area (Å²) in [5, 5.41) is 0. The predicted molar refractivity (Wildman–Crippen MR) is 77.6 cm³/mol. The van der Waals surface area contributed by atoms with Crippen LogP contribution in [-0.2, 0) is 6.42 Å². The van der Waals surface area contributed by atoms with Crippen LogP contribution in [0.15, 0.2) is 24.3 Å². The van der Waals surface area contributed by atoms with Crippen molar-refractivity contribution in [2.24, 2.45) is 11.7 Å². The molecule has 0 amide bonds. The highest BCUT2D eigenvalue weighted by Gasteiger charge is 2.26. The molecule has 0 radical (unpaired) electrons. The number of likely N-dealkylation sites (tertiary alicyclic amines) is 1. The van der Waals surface area contributed by atoms with Gasteiger partial charge in [-0.15, -0.1) is 0 Å². The second kappa shape index (κ2) is 5.85. The van der Waals surface area contributed by atoms with Gasteiger partial charge in [-0.3, -0.25) is 4.90 Å². The summed E-state index contributed by atoms with van der Waals surface area (Å²) in [6.45, 7) is 9.03. The van der Waals surface area contributed by atoms with Gasteiger partial charge in [-0.2, -0.15) is 0 Å². The molecule has 3 atom stereocenters. The van der Waals surface area contributed by atoms with Gasteiger partial charge in [0.15, 0.2) is 0 Å². The predicted octanol–water partition coefficient (Wildman–Crippen LogP) is 2.98. The Balaban J connectivity index is 2.03. The van der Waals surface area contributed by atoms with Crippen molar-refractivity contribution in [3.05, 3.63) is 35.4 Å². The number of rotatable bonds is 3. The van der Waals surface area contributed by atoms with Gasteiger partial charge in [0, 0.05) is 25.2 Å². The van der Waals surface area contributed by atoms with Crippen molar-refractivity contribution in [3.63, 3.8) is 0 Å². The fourth-order valence-electron chi connectivity index (χ4n) is 2.79. The van der Waals surface area contributed by atoms with Crippen molar-refractivity contribution < 1.29 is 0 Å². The number of benzene rings is 1. The summed E-state index contributed by atoms with van der Waals surface area (Å²) < 4.78 is 0. The van der Waals surface area contributed by atoms with E-state index in [0.717, 1.165) is 25.9 Å². The van der Waals surface area contributed by atoms with E-state index in [1.54, 1.807) is 0 Å². The van der Waals surface area contributed by atoms with Crippen LogP contribution in [0.2, 0.25) is 0 Å². The van der Waals surface area contributed by atoms with Crippen molar-refractivity contribution in [2.75, 3.05) is 13.1 Å². The lowest BCUT2D eigenvalue weighted by molar-refractivity contribution is 0.124. The molecule has 2 N–H and O–H groups in total. The van der Waals surface area contributed by atoms with E-state index in [0.29, 0.717) is 18.0 Å². The normalized spacial score (nSPS) is 27.1. The second-order valence-corrected chi connectivity index (χ2v) is 5.70. The van der Waals surface area contributed by atoms with Gasteiger partial charge >= 0.3 is 0 Å². The number of aryl methyl sites for hydroxylation is 1. The first-order valence-corrected chi connectivity index (χ1v) is 7.20. The van der Waals surface area contributed by atoms with E-state index in [9.17, 15) is 0 Å². The largest absolute Gasteiger partial charge is 0.327 e. The van der Waals surface area contributed by atoms with E-state index in [2.05, 4.69) is 49.9 Å². The maximum absolute atomic E-state index is 6.09. The third-order valence-corrected chi connectivity index (χ3v) is 4.42. The maximum atomic E-state index is 6.09. The molecule has 1 aromatic carbocycles. The molecule has 3 unspecified atom stereocenters. The van der Waals surface area contributed by atoms with Crippen LogP contribution in [0, 0.1) is 5.92 Å². The molecule has 2 rings (SSSR count). The van der Waals surface area contributed by atoms with Crippen molar-refractivity contribution >= 4 is 0 Å². The molecule has 0 saturated carbocycles. The Hall–Kier alpha value is -0.860. The summed E-state index contributed by atoms with van der Waals surface area (Å²) in [6, 6.07) is 9.96. The van der Waals surface area contributed by atoms with E-state index < -0.39 is 0 Å². The number of nitrogens with two attached hydrogens (primary N) is 1. The van der Waals surface area contributed by atoms with E-state index in [-0.39, 0.29) is 0 Å². The minimum absolute atomic E-state index is 0.385. The van der Waals surface area contributed by atoms with Crippen LogP contribution in [0.5, 0.6) is 0 Å². The Morgan fingerprint density at radius 3 is 2.56 bits per heavy atom. The molecule has 1 heterocycles. The van der Waals surface area contributed by atoms with Gasteiger partial charge in [-0.25, -0.2) is 0 Å². The Labute approximate surface area is 111 Å². The molecule has 1 aliphatic heterocycles. The molecule has 0 aliphatic carbocycles. The van der Waals surface area contributed by atoms with Crippen LogP contribution in [0.25, 0.3) is 0 Å². The van der Waals surface area contributed by atoms with Gasteiger partial charge in [0.2, 0.25) is 0 Å². The highest BCUT2D eigenvalue weighted by molar-refractivity contribution is 5.24. The molecule has 18 heavy (non-hydrogen) atoms. The van der Waals surface area contributed by atoms with Crippen LogP contribution < -0.4 is 5.73 Å². The average Bonchev–Trinajstić information content (AvgIpc) is 2.41. The monoisotopic (exact) mass is 246 g/mol. The van der Waals surface area contributed by atoms with Crippen LogP contribution >= 0.6 is 0 Å². The fourth-order valence-corrected chi connectivity index (χ4v) is 2.79. The molecule has 0 aromatic heterocycles. The zero-order chi connectivity index (χ0) is 13.1. The van der Waals surface area contributed by atoms with Gasteiger partial charge in [-0.1, -0.05) is 38.1 Å². The summed E-state index contributed by atoms with van der Waals surface area (Å²) >= 11 is 0. The quantitative estimate of drug-likeness (QED) is 0.888. The first-order valence-electron chi connectivity index (χ1n) is 7.20. The SMILES string of the molecule is CCc1ccc(C(C)N2CCC(N)C(C)C2)cc1. The summed E-state index contributed by atoms with van der Waals surface area (Å²) in [5.41, 5.74) is 8.93. The molecule has 1 fully saturated rings. The second-order valence-electron chi connectivity index (χ2n) is 5.70. The summed E-state index contributed by atoms with van der Waals surface area (Å²) in [4.78, 5) is 2.56. The molecule has 0 spiro atoms. The lowest BCUT2D eigenvalue weighted by Gasteiger charge is -2.39. The molecule has 1 aromatic rings. The summed E-state index contributed by atoms with van der Waals surface area (Å²) in [5.74, 6) is 0.608.